The summed E-state index contributed by atoms with van der Waals surface area (Å²) < 4.78 is 0. The molecular weight excluding hydrogens is 266 g/mol. The highest BCUT2D eigenvalue weighted by molar-refractivity contribution is 5.36. The van der Waals surface area contributed by atoms with Gasteiger partial charge in [0.1, 0.15) is 0 Å². The number of nitrogens with two attached hydrogens (primary N) is 1. The normalized spacial score (nSPS) is 13.2. The predicted molar refractivity (Wildman–Crippen MR) is 96.6 cm³/mol. The molecule has 0 aromatic heterocycles. The van der Waals surface area contributed by atoms with Crippen LogP contribution in [-0.2, 0) is 11.8 Å². The van der Waals surface area contributed by atoms with Gasteiger partial charge in [-0.1, -0.05) is 68.8 Å². The molecule has 1 unspecified atom stereocenters. The van der Waals surface area contributed by atoms with Crippen molar-refractivity contribution in [2.45, 2.75) is 52.4 Å². The molecule has 1 heteroatoms. The highest BCUT2D eigenvalue weighted by Gasteiger charge is 2.16. The fourth-order valence-electron chi connectivity index (χ4n) is 2.95. The van der Waals surface area contributed by atoms with Crippen LogP contribution in [0.4, 0.5) is 0 Å². The zero-order valence-corrected chi connectivity index (χ0v) is 14.6. The van der Waals surface area contributed by atoms with Crippen LogP contribution in [0.2, 0.25) is 0 Å². The van der Waals surface area contributed by atoms with Crippen molar-refractivity contribution in [3.05, 3.63) is 70.3 Å². The standard InChI is InChI=1S/C21H29N/c1-15-6-7-16(2)20(12-15)18(14-22)13-17-8-10-19(11-9-17)21(3,4)5/h6-12,18H,13-14,22H2,1-5H3. The van der Waals surface area contributed by atoms with Crippen LogP contribution in [0.25, 0.3) is 0 Å². The van der Waals surface area contributed by atoms with Gasteiger partial charge in [-0.25, -0.2) is 0 Å². The van der Waals surface area contributed by atoms with E-state index in [1.165, 1.54) is 27.8 Å². The van der Waals surface area contributed by atoms with Gasteiger partial charge in [-0.15, -0.1) is 0 Å². The average Bonchev–Trinajstić information content (AvgIpc) is 2.47. The van der Waals surface area contributed by atoms with Gasteiger partial charge in [0.25, 0.3) is 0 Å². The lowest BCUT2D eigenvalue weighted by Gasteiger charge is -2.21. The molecule has 0 aliphatic heterocycles. The summed E-state index contributed by atoms with van der Waals surface area (Å²) in [5.41, 5.74) is 13.1. The van der Waals surface area contributed by atoms with Gasteiger partial charge < -0.3 is 5.73 Å². The van der Waals surface area contributed by atoms with Crippen molar-refractivity contribution in [3.8, 4) is 0 Å². The van der Waals surface area contributed by atoms with Crippen LogP contribution in [0.5, 0.6) is 0 Å². The minimum atomic E-state index is 0.207. The maximum atomic E-state index is 6.07. The van der Waals surface area contributed by atoms with Crippen LogP contribution in [0.3, 0.4) is 0 Å². The zero-order valence-electron chi connectivity index (χ0n) is 14.6. The zero-order chi connectivity index (χ0) is 16.3. The second kappa shape index (κ2) is 6.66. The van der Waals surface area contributed by atoms with E-state index in [4.69, 9.17) is 5.73 Å². The van der Waals surface area contributed by atoms with Crippen molar-refractivity contribution in [2.24, 2.45) is 5.73 Å². The summed E-state index contributed by atoms with van der Waals surface area (Å²) in [5, 5.41) is 0. The predicted octanol–water partition coefficient (Wildman–Crippen LogP) is 4.89. The SMILES string of the molecule is Cc1ccc(C)c(C(CN)Cc2ccc(C(C)(C)C)cc2)c1. The van der Waals surface area contributed by atoms with Gasteiger partial charge in [0.2, 0.25) is 0 Å². The Labute approximate surface area is 135 Å². The topological polar surface area (TPSA) is 26.0 Å². The minimum absolute atomic E-state index is 0.207. The number of hydrogen-bond donors (Lipinski definition) is 1. The molecule has 0 bridgehead atoms. The van der Waals surface area contributed by atoms with E-state index >= 15 is 0 Å². The molecule has 0 spiro atoms. The maximum absolute atomic E-state index is 6.07. The molecule has 1 nitrogen and oxygen atoms in total. The highest BCUT2D eigenvalue weighted by Crippen LogP contribution is 2.26. The Hall–Kier alpha value is -1.60. The molecule has 2 rings (SSSR count). The van der Waals surface area contributed by atoms with E-state index in [2.05, 4.69) is 77.1 Å². The second-order valence-electron chi connectivity index (χ2n) is 7.44. The van der Waals surface area contributed by atoms with Gasteiger partial charge in [-0.3, -0.25) is 0 Å². The first-order chi connectivity index (χ1) is 10.3. The lowest BCUT2D eigenvalue weighted by Crippen LogP contribution is -2.16. The van der Waals surface area contributed by atoms with Crippen LogP contribution >= 0.6 is 0 Å². The van der Waals surface area contributed by atoms with Gasteiger partial charge >= 0.3 is 0 Å². The summed E-state index contributed by atoms with van der Waals surface area (Å²) >= 11 is 0. The maximum Gasteiger partial charge on any atom is 0.000429 e. The van der Waals surface area contributed by atoms with E-state index in [1.54, 1.807) is 0 Å². The summed E-state index contributed by atoms with van der Waals surface area (Å²) in [6, 6.07) is 15.7. The van der Waals surface area contributed by atoms with E-state index in [9.17, 15) is 0 Å². The third-order valence-corrected chi connectivity index (χ3v) is 4.46. The number of benzene rings is 2. The van der Waals surface area contributed by atoms with Gasteiger partial charge in [-0.05, 0) is 54.5 Å². The van der Waals surface area contributed by atoms with Crippen LogP contribution in [0.15, 0.2) is 42.5 Å². The smallest absolute Gasteiger partial charge is 0.000429 e. The molecule has 0 saturated heterocycles. The highest BCUT2D eigenvalue weighted by atomic mass is 14.5. The van der Waals surface area contributed by atoms with Gasteiger partial charge in [0.05, 0.1) is 0 Å². The molecule has 0 heterocycles. The summed E-state index contributed by atoms with van der Waals surface area (Å²) in [4.78, 5) is 0. The van der Waals surface area contributed by atoms with E-state index in [0.29, 0.717) is 12.5 Å². The molecule has 0 saturated carbocycles. The third kappa shape index (κ3) is 3.98. The summed E-state index contributed by atoms with van der Waals surface area (Å²) in [7, 11) is 0. The second-order valence-corrected chi connectivity index (χ2v) is 7.44. The molecule has 2 aromatic rings. The van der Waals surface area contributed by atoms with Gasteiger partial charge in [0, 0.05) is 5.92 Å². The summed E-state index contributed by atoms with van der Waals surface area (Å²) in [6.45, 7) is 11.8. The Bertz CT molecular complexity index is 617. The fourth-order valence-corrected chi connectivity index (χ4v) is 2.95. The first kappa shape index (κ1) is 16.8. The van der Waals surface area contributed by atoms with Gasteiger partial charge in [0.15, 0.2) is 0 Å². The Balaban J connectivity index is 2.22. The van der Waals surface area contributed by atoms with E-state index < -0.39 is 0 Å². The van der Waals surface area contributed by atoms with Crippen molar-refractivity contribution in [1.29, 1.82) is 0 Å². The van der Waals surface area contributed by atoms with Crippen molar-refractivity contribution in [2.75, 3.05) is 6.54 Å². The Morgan fingerprint density at radius 2 is 1.59 bits per heavy atom. The molecule has 118 valence electrons. The Morgan fingerprint density at radius 1 is 0.955 bits per heavy atom. The molecule has 22 heavy (non-hydrogen) atoms. The van der Waals surface area contributed by atoms with E-state index in [0.717, 1.165) is 6.42 Å². The lowest BCUT2D eigenvalue weighted by atomic mass is 9.84. The van der Waals surface area contributed by atoms with E-state index in [1.807, 2.05) is 0 Å². The largest absolute Gasteiger partial charge is 0.330 e. The molecule has 2 N–H and O–H groups in total. The average molecular weight is 295 g/mol. The number of rotatable bonds is 4. The van der Waals surface area contributed by atoms with Crippen LogP contribution < -0.4 is 5.73 Å². The van der Waals surface area contributed by atoms with Crippen LogP contribution in [0, 0.1) is 13.8 Å². The number of hydrogen-bond acceptors (Lipinski definition) is 1. The monoisotopic (exact) mass is 295 g/mol. The molecule has 0 fully saturated rings. The first-order valence-corrected chi connectivity index (χ1v) is 8.18. The third-order valence-electron chi connectivity index (χ3n) is 4.46. The fraction of sp³-hybridized carbons (Fsp3) is 0.429. The molecule has 2 aromatic carbocycles. The van der Waals surface area contributed by atoms with Crippen molar-refractivity contribution >= 4 is 0 Å². The molecule has 0 radical (unpaired) electrons. The van der Waals surface area contributed by atoms with Crippen molar-refractivity contribution in [3.63, 3.8) is 0 Å². The molecule has 1 atom stereocenters. The lowest BCUT2D eigenvalue weighted by molar-refractivity contribution is 0.589. The Kier molecular flexibility index (Phi) is 5.08. The van der Waals surface area contributed by atoms with Crippen LogP contribution in [0.1, 0.15) is 54.5 Å². The van der Waals surface area contributed by atoms with Crippen LogP contribution in [-0.4, -0.2) is 6.54 Å². The molecule has 0 amide bonds. The van der Waals surface area contributed by atoms with E-state index in [-0.39, 0.29) is 5.41 Å². The van der Waals surface area contributed by atoms with Gasteiger partial charge in [-0.2, -0.15) is 0 Å². The first-order valence-electron chi connectivity index (χ1n) is 8.18. The summed E-state index contributed by atoms with van der Waals surface area (Å²) in [5.74, 6) is 0.389. The van der Waals surface area contributed by atoms with Crippen molar-refractivity contribution in [1.82, 2.24) is 0 Å². The Morgan fingerprint density at radius 3 is 2.14 bits per heavy atom. The number of aryl methyl sites for hydroxylation is 2. The van der Waals surface area contributed by atoms with Crippen molar-refractivity contribution < 1.29 is 0 Å². The molecule has 0 aliphatic carbocycles. The minimum Gasteiger partial charge on any atom is -0.330 e. The molecule has 0 aliphatic rings. The summed E-state index contributed by atoms with van der Waals surface area (Å²) in [6.07, 6.45) is 1.01. The quantitative estimate of drug-likeness (QED) is 0.854. The molecular formula is C21H29N.